The highest BCUT2D eigenvalue weighted by molar-refractivity contribution is 6.31. The molecule has 0 radical (unpaired) electrons. The first-order valence-corrected chi connectivity index (χ1v) is 10.3. The van der Waals surface area contributed by atoms with Gasteiger partial charge in [-0.05, 0) is 28.9 Å². The van der Waals surface area contributed by atoms with E-state index in [1.807, 2.05) is 0 Å². The molecule has 0 spiro atoms. The molecule has 0 atom stereocenters. The highest BCUT2D eigenvalue weighted by Gasteiger charge is 2.15. The molecule has 3 rings (SSSR count). The summed E-state index contributed by atoms with van der Waals surface area (Å²) in [6, 6.07) is 4.85. The number of carbonyl (C=O) groups excluding carboxylic acids is 1. The van der Waals surface area contributed by atoms with E-state index in [2.05, 4.69) is 36.0 Å². The topological polar surface area (TPSA) is 173 Å². The van der Waals surface area contributed by atoms with Crippen LogP contribution >= 0.6 is 11.6 Å². The molecule has 15 heteroatoms. The van der Waals surface area contributed by atoms with E-state index in [4.69, 9.17) is 32.0 Å². The number of ether oxygens (including phenoxy) is 1. The summed E-state index contributed by atoms with van der Waals surface area (Å²) in [7, 11) is 1.36. The minimum atomic E-state index is -0.753. The summed E-state index contributed by atoms with van der Waals surface area (Å²) >= 11 is 5.96. The van der Waals surface area contributed by atoms with E-state index >= 15 is 0 Å². The number of nitrogens with two attached hydrogens (primary N) is 1. The predicted molar refractivity (Wildman–Crippen MR) is 126 cm³/mol. The van der Waals surface area contributed by atoms with Gasteiger partial charge in [0, 0.05) is 29.3 Å². The maximum atomic E-state index is 14.7. The van der Waals surface area contributed by atoms with E-state index < -0.39 is 17.5 Å². The van der Waals surface area contributed by atoms with Crippen molar-refractivity contribution in [2.75, 3.05) is 7.11 Å². The van der Waals surface area contributed by atoms with Gasteiger partial charge in [0.1, 0.15) is 11.6 Å². The zero-order chi connectivity index (χ0) is 26.2. The molecule has 0 bridgehead atoms. The lowest BCUT2D eigenvalue weighted by Crippen LogP contribution is -2.45. The predicted octanol–water partition coefficient (Wildman–Crippen LogP) is 2.77. The summed E-state index contributed by atoms with van der Waals surface area (Å²) in [4.78, 5) is 24.5. The van der Waals surface area contributed by atoms with Gasteiger partial charge in [-0.3, -0.25) is 26.0 Å². The third-order valence-corrected chi connectivity index (χ3v) is 4.54. The summed E-state index contributed by atoms with van der Waals surface area (Å²) in [5.41, 5.74) is 10.5. The minimum Gasteiger partial charge on any atom is -0.479 e. The lowest BCUT2D eigenvalue weighted by molar-refractivity contribution is 0.0906. The van der Waals surface area contributed by atoms with E-state index in [-0.39, 0.29) is 57.4 Å². The van der Waals surface area contributed by atoms with Crippen molar-refractivity contribution < 1.29 is 27.7 Å². The SMILES string of the molecule is COc1cc(C(=O)NNC(N)=NCc2ncc(-c3cc(Cl)cc(F)c3C=NOC(C)=N)cc2F)on1. The molecule has 0 unspecified atom stereocenters. The van der Waals surface area contributed by atoms with Gasteiger partial charge in [-0.1, -0.05) is 16.8 Å². The maximum Gasteiger partial charge on any atom is 0.308 e. The molecule has 0 aliphatic heterocycles. The second-order valence-electron chi connectivity index (χ2n) is 6.90. The lowest BCUT2D eigenvalue weighted by Gasteiger charge is -2.10. The van der Waals surface area contributed by atoms with Crippen LogP contribution in [0.15, 0.2) is 45.1 Å². The van der Waals surface area contributed by atoms with Crippen LogP contribution in [-0.2, 0) is 11.4 Å². The number of nitrogens with zero attached hydrogens (tertiary/aromatic N) is 4. The number of halogens is 3. The second-order valence-corrected chi connectivity index (χ2v) is 7.33. The van der Waals surface area contributed by atoms with Crippen LogP contribution in [0.1, 0.15) is 28.7 Å². The molecule has 1 aromatic carbocycles. The van der Waals surface area contributed by atoms with Gasteiger partial charge >= 0.3 is 5.91 Å². The van der Waals surface area contributed by atoms with Crippen molar-refractivity contribution in [3.63, 3.8) is 0 Å². The molecule has 2 aromatic heterocycles. The number of aliphatic imine (C=N–C) groups is 1. The average molecular weight is 521 g/mol. The van der Waals surface area contributed by atoms with E-state index in [9.17, 15) is 13.6 Å². The molecule has 5 N–H and O–H groups in total. The lowest BCUT2D eigenvalue weighted by atomic mass is 10.0. The Labute approximate surface area is 207 Å². The van der Waals surface area contributed by atoms with Gasteiger partial charge in [-0.25, -0.2) is 13.8 Å². The normalized spacial score (nSPS) is 11.4. The van der Waals surface area contributed by atoms with Crippen LogP contribution in [0.2, 0.25) is 5.02 Å². The van der Waals surface area contributed by atoms with Gasteiger partial charge in [-0.2, -0.15) is 0 Å². The van der Waals surface area contributed by atoms with Crippen molar-refractivity contribution in [1.82, 2.24) is 21.0 Å². The highest BCUT2D eigenvalue weighted by Crippen LogP contribution is 2.29. The number of benzene rings is 1. The van der Waals surface area contributed by atoms with E-state index in [1.54, 1.807) is 0 Å². The van der Waals surface area contributed by atoms with Crippen molar-refractivity contribution in [2.24, 2.45) is 15.9 Å². The Bertz CT molecular complexity index is 1350. The molecule has 36 heavy (non-hydrogen) atoms. The molecule has 2 heterocycles. The number of carbonyl (C=O) groups is 1. The van der Waals surface area contributed by atoms with Crippen molar-refractivity contribution in [3.8, 4) is 17.0 Å². The fourth-order valence-electron chi connectivity index (χ4n) is 2.69. The van der Waals surface area contributed by atoms with Crippen LogP contribution in [0.5, 0.6) is 5.88 Å². The van der Waals surface area contributed by atoms with Crippen LogP contribution in [0.3, 0.4) is 0 Å². The van der Waals surface area contributed by atoms with Crippen LogP contribution < -0.4 is 21.3 Å². The molecule has 1 amide bonds. The number of oxime groups is 1. The molecular weight excluding hydrogens is 502 g/mol. The first kappa shape index (κ1) is 26.0. The Morgan fingerprint density at radius 2 is 2.06 bits per heavy atom. The fraction of sp³-hybridized carbons (Fsp3) is 0.143. The van der Waals surface area contributed by atoms with Crippen LogP contribution in [0.4, 0.5) is 8.78 Å². The number of hydrogen-bond donors (Lipinski definition) is 4. The molecular formula is C21H19ClF2N8O4. The quantitative estimate of drug-likeness (QED) is 0.209. The number of aromatic nitrogens is 2. The van der Waals surface area contributed by atoms with Gasteiger partial charge in [0.2, 0.25) is 17.6 Å². The van der Waals surface area contributed by atoms with Gasteiger partial charge in [0.15, 0.2) is 0 Å². The van der Waals surface area contributed by atoms with Crippen molar-refractivity contribution >= 4 is 35.6 Å². The summed E-state index contributed by atoms with van der Waals surface area (Å²) in [5, 5.41) is 14.3. The number of rotatable bonds is 7. The first-order chi connectivity index (χ1) is 17.2. The molecule has 3 aromatic rings. The Morgan fingerprint density at radius 3 is 2.72 bits per heavy atom. The number of amides is 1. The summed E-state index contributed by atoms with van der Waals surface area (Å²) in [6.07, 6.45) is 2.34. The van der Waals surface area contributed by atoms with Crippen LogP contribution in [-0.4, -0.2) is 41.2 Å². The zero-order valence-electron chi connectivity index (χ0n) is 18.8. The van der Waals surface area contributed by atoms with E-state index in [0.717, 1.165) is 18.3 Å². The molecule has 12 nitrogen and oxygen atoms in total. The summed E-state index contributed by atoms with van der Waals surface area (Å²) in [6.45, 7) is 1.07. The Kier molecular flexibility index (Phi) is 8.46. The standard InChI is InChI=1S/C21H19ClF2N8O4/c1-10(25)35-29-8-14-13(4-12(22)5-15(14)23)11-3-16(24)17(27-7-11)9-28-21(26)31-30-20(33)18-6-19(34-2)32-36-18/h3-8,25H,9H2,1-2H3,(H,30,33)(H3,26,28,31). The molecule has 0 fully saturated rings. The van der Waals surface area contributed by atoms with Crippen LogP contribution in [0, 0.1) is 17.0 Å². The van der Waals surface area contributed by atoms with Gasteiger partial charge in [0.25, 0.3) is 5.88 Å². The van der Waals surface area contributed by atoms with Gasteiger partial charge < -0.3 is 19.8 Å². The number of nitrogens with one attached hydrogen (secondary N) is 3. The number of methoxy groups -OCH3 is 1. The van der Waals surface area contributed by atoms with Gasteiger partial charge in [-0.15, -0.1) is 0 Å². The Balaban J connectivity index is 1.71. The smallest absolute Gasteiger partial charge is 0.308 e. The van der Waals surface area contributed by atoms with Crippen molar-refractivity contribution in [3.05, 3.63) is 64.1 Å². The van der Waals surface area contributed by atoms with Crippen molar-refractivity contribution in [1.29, 1.82) is 5.41 Å². The van der Waals surface area contributed by atoms with Crippen LogP contribution in [0.25, 0.3) is 11.1 Å². The fourth-order valence-corrected chi connectivity index (χ4v) is 2.89. The minimum absolute atomic E-state index is 0.0406. The molecule has 0 saturated heterocycles. The zero-order valence-corrected chi connectivity index (χ0v) is 19.6. The van der Waals surface area contributed by atoms with Gasteiger partial charge in [0.05, 0.1) is 31.6 Å². The number of guanidine groups is 1. The monoisotopic (exact) mass is 520 g/mol. The Hall–Kier alpha value is -4.59. The molecule has 0 aliphatic carbocycles. The first-order valence-electron chi connectivity index (χ1n) is 9.94. The Morgan fingerprint density at radius 1 is 1.28 bits per heavy atom. The summed E-state index contributed by atoms with van der Waals surface area (Å²) < 4.78 is 38.8. The number of hydrogen-bond acceptors (Lipinski definition) is 9. The molecule has 0 saturated carbocycles. The highest BCUT2D eigenvalue weighted by atomic mass is 35.5. The third kappa shape index (κ3) is 6.73. The largest absolute Gasteiger partial charge is 0.479 e. The van der Waals surface area contributed by atoms with Crippen molar-refractivity contribution in [2.45, 2.75) is 13.5 Å². The molecule has 188 valence electrons. The third-order valence-electron chi connectivity index (χ3n) is 4.32. The molecule has 0 aliphatic rings. The summed E-state index contributed by atoms with van der Waals surface area (Å²) in [5.74, 6) is -2.66. The van der Waals surface area contributed by atoms with E-state index in [1.165, 1.54) is 32.4 Å². The van der Waals surface area contributed by atoms with E-state index in [0.29, 0.717) is 0 Å². The second kappa shape index (κ2) is 11.7. The average Bonchev–Trinajstić information content (AvgIpc) is 3.32. The number of pyridine rings is 1. The maximum absolute atomic E-state index is 14.7. The number of hydrazine groups is 1.